The van der Waals surface area contributed by atoms with E-state index in [0.717, 1.165) is 12.8 Å². The van der Waals surface area contributed by atoms with Gasteiger partial charge in [0.1, 0.15) is 5.54 Å². The summed E-state index contributed by atoms with van der Waals surface area (Å²) >= 11 is 0. The summed E-state index contributed by atoms with van der Waals surface area (Å²) in [6, 6.07) is 0. The molecule has 1 saturated heterocycles. The first-order valence-electron chi connectivity index (χ1n) is 6.96. The van der Waals surface area contributed by atoms with E-state index in [1.807, 2.05) is 11.8 Å². The lowest BCUT2D eigenvalue weighted by atomic mass is 9.91. The number of likely N-dealkylation sites (tertiary alicyclic amines) is 1. The fourth-order valence-electron chi connectivity index (χ4n) is 2.78. The highest BCUT2D eigenvalue weighted by Gasteiger charge is 2.46. The molecule has 1 atom stereocenters. The second kappa shape index (κ2) is 6.22. The highest BCUT2D eigenvalue weighted by Crippen LogP contribution is 2.33. The summed E-state index contributed by atoms with van der Waals surface area (Å²) in [6.07, 6.45) is 2.83. The minimum Gasteiger partial charge on any atom is -0.480 e. The van der Waals surface area contributed by atoms with Crippen molar-refractivity contribution in [2.24, 2.45) is 0 Å². The van der Waals surface area contributed by atoms with Crippen LogP contribution in [0.15, 0.2) is 0 Å². The first kappa shape index (κ1) is 16.4. The van der Waals surface area contributed by atoms with Crippen LogP contribution in [-0.4, -0.2) is 54.0 Å². The van der Waals surface area contributed by atoms with Gasteiger partial charge in [-0.2, -0.15) is 0 Å². The Kier molecular flexibility index (Phi) is 5.38. The van der Waals surface area contributed by atoms with Gasteiger partial charge in [0.05, 0.1) is 11.0 Å². The lowest BCUT2D eigenvalue weighted by Crippen LogP contribution is -2.52. The van der Waals surface area contributed by atoms with Crippen molar-refractivity contribution in [3.63, 3.8) is 0 Å². The van der Waals surface area contributed by atoms with Gasteiger partial charge in [-0.3, -0.25) is 9.69 Å². The molecule has 1 fully saturated rings. The molecule has 0 aliphatic carbocycles. The number of hydrogen-bond acceptors (Lipinski definition) is 4. The molecule has 0 aromatic rings. The summed E-state index contributed by atoms with van der Waals surface area (Å²) in [6.45, 7) is 6.30. The number of carboxylic acid groups (broad SMARTS) is 1. The van der Waals surface area contributed by atoms with E-state index in [1.165, 1.54) is 0 Å². The molecule has 1 aliphatic rings. The summed E-state index contributed by atoms with van der Waals surface area (Å²) in [5, 5.41) is 9.11. The molecular weight excluding hydrogens is 266 g/mol. The van der Waals surface area contributed by atoms with Gasteiger partial charge >= 0.3 is 5.97 Å². The van der Waals surface area contributed by atoms with Crippen molar-refractivity contribution in [3.8, 4) is 0 Å². The summed E-state index contributed by atoms with van der Waals surface area (Å²) in [5.74, 6) is -0.766. The zero-order valence-corrected chi connectivity index (χ0v) is 12.9. The molecule has 0 aromatic heterocycles. The van der Waals surface area contributed by atoms with Crippen molar-refractivity contribution >= 4 is 15.8 Å². The predicted octanol–water partition coefficient (Wildman–Crippen LogP) is 1.53. The third-order valence-corrected chi connectivity index (χ3v) is 6.24. The van der Waals surface area contributed by atoms with E-state index >= 15 is 0 Å². The smallest absolute Gasteiger partial charge is 0.324 e. The Morgan fingerprint density at radius 2 is 2.05 bits per heavy atom. The first-order valence-corrected chi connectivity index (χ1v) is 8.68. The quantitative estimate of drug-likeness (QED) is 0.770. The van der Waals surface area contributed by atoms with Gasteiger partial charge in [0.15, 0.2) is 9.84 Å². The number of carboxylic acids is 1. The minimum absolute atomic E-state index is 0.0451. The van der Waals surface area contributed by atoms with E-state index in [-0.39, 0.29) is 5.75 Å². The fourth-order valence-corrected chi connectivity index (χ4v) is 3.73. The molecule has 19 heavy (non-hydrogen) atoms. The topological polar surface area (TPSA) is 74.7 Å². The molecule has 5 nitrogen and oxygen atoms in total. The summed E-state index contributed by atoms with van der Waals surface area (Å²) < 4.78 is 23.7. The lowest BCUT2D eigenvalue weighted by molar-refractivity contribution is -0.150. The van der Waals surface area contributed by atoms with E-state index < -0.39 is 26.6 Å². The Hall–Kier alpha value is -0.620. The third-order valence-electron chi connectivity index (χ3n) is 4.05. The van der Waals surface area contributed by atoms with Gasteiger partial charge in [0, 0.05) is 6.54 Å². The Labute approximate surface area is 115 Å². The molecule has 0 amide bonds. The van der Waals surface area contributed by atoms with E-state index in [9.17, 15) is 18.3 Å². The van der Waals surface area contributed by atoms with E-state index in [4.69, 9.17) is 0 Å². The van der Waals surface area contributed by atoms with E-state index in [1.54, 1.807) is 13.8 Å². The Bertz CT molecular complexity index is 418. The van der Waals surface area contributed by atoms with Gasteiger partial charge in [-0.15, -0.1) is 0 Å². The van der Waals surface area contributed by atoms with Crippen LogP contribution in [0.3, 0.4) is 0 Å². The molecule has 0 bridgehead atoms. The molecular formula is C13H25NO4S. The zero-order chi connectivity index (χ0) is 14.7. The Balaban J connectivity index is 2.79. The van der Waals surface area contributed by atoms with Crippen molar-refractivity contribution in [2.45, 2.75) is 57.2 Å². The number of carbonyl (C=O) groups is 1. The monoisotopic (exact) mass is 291 g/mol. The van der Waals surface area contributed by atoms with Crippen LogP contribution in [0.25, 0.3) is 0 Å². The minimum atomic E-state index is -3.11. The maximum absolute atomic E-state index is 11.9. The number of nitrogens with zero attached hydrogens (tertiary/aromatic N) is 1. The highest BCUT2D eigenvalue weighted by molar-refractivity contribution is 7.92. The highest BCUT2D eigenvalue weighted by atomic mass is 32.2. The lowest BCUT2D eigenvalue weighted by Gasteiger charge is -2.34. The summed E-state index contributed by atoms with van der Waals surface area (Å²) in [4.78, 5) is 13.5. The largest absolute Gasteiger partial charge is 0.480 e. The van der Waals surface area contributed by atoms with Crippen LogP contribution >= 0.6 is 0 Å². The molecule has 1 rings (SSSR count). The molecule has 0 radical (unpaired) electrons. The van der Waals surface area contributed by atoms with Gasteiger partial charge in [0.25, 0.3) is 0 Å². The Morgan fingerprint density at radius 1 is 1.42 bits per heavy atom. The van der Waals surface area contributed by atoms with Crippen molar-refractivity contribution in [3.05, 3.63) is 0 Å². The molecule has 1 unspecified atom stereocenters. The van der Waals surface area contributed by atoms with Crippen molar-refractivity contribution < 1.29 is 18.3 Å². The normalized spacial score (nSPS) is 25.1. The second-order valence-corrected chi connectivity index (χ2v) is 8.27. The number of sulfone groups is 1. The molecule has 112 valence electrons. The third kappa shape index (κ3) is 3.48. The zero-order valence-electron chi connectivity index (χ0n) is 12.1. The Morgan fingerprint density at radius 3 is 2.53 bits per heavy atom. The van der Waals surface area contributed by atoms with E-state index in [2.05, 4.69) is 0 Å². The maximum atomic E-state index is 11.9. The van der Waals surface area contributed by atoms with Gasteiger partial charge in [0.2, 0.25) is 0 Å². The number of hydrogen-bond donors (Lipinski definition) is 1. The SMILES string of the molecule is CCCC1(C(=O)O)CCCN1CCS(=O)(=O)C(C)C. The van der Waals surface area contributed by atoms with Crippen LogP contribution in [0.2, 0.25) is 0 Å². The van der Waals surface area contributed by atoms with Crippen LogP contribution in [0.1, 0.15) is 46.5 Å². The predicted molar refractivity (Wildman–Crippen MR) is 75.0 cm³/mol. The van der Waals surface area contributed by atoms with Crippen LogP contribution in [0.5, 0.6) is 0 Å². The van der Waals surface area contributed by atoms with Crippen LogP contribution in [0, 0.1) is 0 Å². The molecule has 1 aliphatic heterocycles. The number of rotatable bonds is 7. The average molecular weight is 291 g/mol. The van der Waals surface area contributed by atoms with Crippen LogP contribution in [0.4, 0.5) is 0 Å². The standard InChI is InChI=1S/C13H25NO4S/c1-4-6-13(12(15)16)7-5-8-14(13)9-10-19(17,18)11(2)3/h11H,4-10H2,1-3H3,(H,15,16). The molecule has 0 aromatic carbocycles. The molecule has 0 spiro atoms. The molecule has 1 heterocycles. The van der Waals surface area contributed by atoms with Gasteiger partial charge in [-0.05, 0) is 39.7 Å². The number of aliphatic carboxylic acids is 1. The summed E-state index contributed by atoms with van der Waals surface area (Å²) in [7, 11) is -3.11. The van der Waals surface area contributed by atoms with Crippen molar-refractivity contribution in [1.82, 2.24) is 4.90 Å². The maximum Gasteiger partial charge on any atom is 0.324 e. The van der Waals surface area contributed by atoms with Crippen LogP contribution in [-0.2, 0) is 14.6 Å². The molecule has 1 N–H and O–H groups in total. The van der Waals surface area contributed by atoms with Crippen molar-refractivity contribution in [1.29, 1.82) is 0 Å². The average Bonchev–Trinajstić information content (AvgIpc) is 2.71. The fraction of sp³-hybridized carbons (Fsp3) is 0.923. The summed E-state index contributed by atoms with van der Waals surface area (Å²) in [5.41, 5.74) is -0.846. The van der Waals surface area contributed by atoms with Gasteiger partial charge in [-0.25, -0.2) is 8.42 Å². The first-order chi connectivity index (χ1) is 8.76. The second-order valence-electron chi connectivity index (χ2n) is 5.59. The van der Waals surface area contributed by atoms with E-state index in [0.29, 0.717) is 25.9 Å². The van der Waals surface area contributed by atoms with Crippen molar-refractivity contribution in [2.75, 3.05) is 18.8 Å². The molecule has 0 saturated carbocycles. The van der Waals surface area contributed by atoms with Gasteiger partial charge in [-0.1, -0.05) is 13.3 Å². The van der Waals surface area contributed by atoms with Crippen LogP contribution < -0.4 is 0 Å². The van der Waals surface area contributed by atoms with Gasteiger partial charge < -0.3 is 5.11 Å². The molecule has 6 heteroatoms.